The number of anilines is 1. The van der Waals surface area contributed by atoms with Gasteiger partial charge < -0.3 is 5.73 Å². The van der Waals surface area contributed by atoms with Crippen molar-refractivity contribution in [1.29, 1.82) is 5.41 Å². The van der Waals surface area contributed by atoms with Crippen LogP contribution in [0.5, 0.6) is 0 Å². The van der Waals surface area contributed by atoms with Gasteiger partial charge in [-0.15, -0.1) is 8.76 Å². The molecule has 0 amide bonds. The fraction of sp³-hybridized carbons (Fsp3) is 0. The number of nitro groups is 1. The predicted molar refractivity (Wildman–Crippen MR) is 76.7 cm³/mol. The number of amidine groups is 2. The Morgan fingerprint density at radius 1 is 1.43 bits per heavy atom. The molecule has 1 heterocycles. The van der Waals surface area contributed by atoms with E-state index in [4.69, 9.17) is 15.7 Å². The Bertz CT molecular complexity index is 789. The van der Waals surface area contributed by atoms with Crippen LogP contribution in [0.2, 0.25) is 0 Å². The summed E-state index contributed by atoms with van der Waals surface area (Å²) in [6.45, 7) is 0. The Morgan fingerprint density at radius 2 is 2.05 bits per heavy atom. The SMILES string of the molecule is N=C1N=S(=O)(O)N=C(N)/C1=N\Nc1ccc([N+](=O)[O-])cc1. The van der Waals surface area contributed by atoms with Crippen LogP contribution < -0.4 is 11.2 Å². The molecule has 0 saturated heterocycles. The summed E-state index contributed by atoms with van der Waals surface area (Å²) in [6.07, 6.45) is 0. The lowest BCUT2D eigenvalue weighted by Crippen LogP contribution is -2.35. The molecule has 1 aliphatic heterocycles. The molecule has 0 saturated carbocycles. The quantitative estimate of drug-likeness (QED) is 0.467. The van der Waals surface area contributed by atoms with Crippen molar-refractivity contribution in [3.8, 4) is 0 Å². The van der Waals surface area contributed by atoms with E-state index < -0.39 is 26.8 Å². The van der Waals surface area contributed by atoms with E-state index in [1.807, 2.05) is 0 Å². The summed E-state index contributed by atoms with van der Waals surface area (Å²) >= 11 is 0. The Balaban J connectivity index is 2.21. The molecule has 0 radical (unpaired) electrons. The standard InChI is InChI=1S/C9H9N7O4S/c10-8-7(9(11)15-21(19,20)14-8)13-12-5-1-3-6(4-2-5)16(17)18/h1-4,12H,(H4,10,11,14,15,19,20). The maximum atomic E-state index is 11.2. The second-order valence-electron chi connectivity index (χ2n) is 3.76. The summed E-state index contributed by atoms with van der Waals surface area (Å²) in [5.74, 6) is -0.999. The topological polar surface area (TPSA) is 179 Å². The van der Waals surface area contributed by atoms with Crippen molar-refractivity contribution in [3.05, 3.63) is 34.4 Å². The maximum absolute atomic E-state index is 11.2. The van der Waals surface area contributed by atoms with Crippen LogP contribution in [0.1, 0.15) is 0 Å². The highest BCUT2D eigenvalue weighted by Crippen LogP contribution is 2.15. The molecule has 1 atom stereocenters. The average Bonchev–Trinajstić information content (AvgIpc) is 2.36. The lowest BCUT2D eigenvalue weighted by Gasteiger charge is -2.10. The van der Waals surface area contributed by atoms with Gasteiger partial charge in [0.05, 0.1) is 10.6 Å². The first-order chi connectivity index (χ1) is 9.78. The van der Waals surface area contributed by atoms with Crippen molar-refractivity contribution in [2.24, 2.45) is 19.6 Å². The summed E-state index contributed by atoms with van der Waals surface area (Å²) in [5.41, 5.74) is 8.02. The predicted octanol–water partition coefficient (Wildman–Crippen LogP) is 0.567. The van der Waals surface area contributed by atoms with E-state index >= 15 is 0 Å². The number of nitrogens with one attached hydrogen (secondary N) is 2. The van der Waals surface area contributed by atoms with E-state index in [1.165, 1.54) is 24.3 Å². The van der Waals surface area contributed by atoms with E-state index in [2.05, 4.69) is 19.3 Å². The molecule has 1 aromatic carbocycles. The first-order valence-corrected chi connectivity index (χ1v) is 6.74. The van der Waals surface area contributed by atoms with Gasteiger partial charge in [-0.1, -0.05) is 0 Å². The van der Waals surface area contributed by atoms with Crippen molar-refractivity contribution < 1.29 is 13.7 Å². The Kier molecular flexibility index (Phi) is 3.64. The number of nitrogens with two attached hydrogens (primary N) is 1. The molecule has 5 N–H and O–H groups in total. The monoisotopic (exact) mass is 311 g/mol. The number of nitro benzene ring substituents is 1. The van der Waals surface area contributed by atoms with Crippen LogP contribution in [0.15, 0.2) is 38.1 Å². The minimum atomic E-state index is -3.88. The van der Waals surface area contributed by atoms with Crippen LogP contribution in [0, 0.1) is 15.5 Å². The number of non-ortho nitro benzene ring substituents is 1. The van der Waals surface area contributed by atoms with Gasteiger partial charge in [-0.05, 0) is 12.1 Å². The molecule has 21 heavy (non-hydrogen) atoms. The lowest BCUT2D eigenvalue weighted by atomic mass is 10.3. The van der Waals surface area contributed by atoms with Gasteiger partial charge in [-0.25, -0.2) is 0 Å². The molecule has 0 aliphatic carbocycles. The van der Waals surface area contributed by atoms with Gasteiger partial charge in [0, 0.05) is 12.1 Å². The van der Waals surface area contributed by atoms with Crippen LogP contribution in [0.3, 0.4) is 0 Å². The van der Waals surface area contributed by atoms with Gasteiger partial charge in [0.25, 0.3) is 15.9 Å². The van der Waals surface area contributed by atoms with Gasteiger partial charge in [-0.2, -0.15) is 9.31 Å². The number of benzene rings is 1. The zero-order valence-electron chi connectivity index (χ0n) is 10.3. The Morgan fingerprint density at radius 3 is 2.57 bits per heavy atom. The molecule has 1 unspecified atom stereocenters. The maximum Gasteiger partial charge on any atom is 0.281 e. The normalized spacial score (nSPS) is 23.4. The molecular formula is C9H9N7O4S. The molecule has 12 heteroatoms. The molecule has 2 rings (SSSR count). The average molecular weight is 311 g/mol. The van der Waals surface area contributed by atoms with E-state index in [0.717, 1.165) is 0 Å². The largest absolute Gasteiger partial charge is 0.381 e. The number of hydrogen-bond acceptors (Lipinski definition) is 7. The molecule has 0 fully saturated rings. The van der Waals surface area contributed by atoms with E-state index in [0.29, 0.717) is 5.69 Å². The highest BCUT2D eigenvalue weighted by atomic mass is 32.2. The molecular weight excluding hydrogens is 302 g/mol. The third-order valence-electron chi connectivity index (χ3n) is 2.27. The highest BCUT2D eigenvalue weighted by Gasteiger charge is 2.21. The fourth-order valence-electron chi connectivity index (χ4n) is 1.36. The minimum absolute atomic E-state index is 0.0882. The van der Waals surface area contributed by atoms with Crippen LogP contribution in [0.4, 0.5) is 11.4 Å². The molecule has 0 aromatic heterocycles. The smallest absolute Gasteiger partial charge is 0.281 e. The number of rotatable bonds is 3. The van der Waals surface area contributed by atoms with Gasteiger partial charge in [0.1, 0.15) is 0 Å². The van der Waals surface area contributed by atoms with Crippen LogP contribution in [-0.4, -0.2) is 31.1 Å². The molecule has 0 spiro atoms. The van der Waals surface area contributed by atoms with Gasteiger partial charge in [-0.3, -0.25) is 25.5 Å². The zero-order valence-corrected chi connectivity index (χ0v) is 11.1. The van der Waals surface area contributed by atoms with Crippen molar-refractivity contribution in [3.63, 3.8) is 0 Å². The molecule has 110 valence electrons. The third-order valence-corrected chi connectivity index (χ3v) is 3.12. The summed E-state index contributed by atoms with van der Waals surface area (Å²) in [5, 5.41) is 21.7. The molecule has 1 aliphatic rings. The van der Waals surface area contributed by atoms with Gasteiger partial charge in [0.2, 0.25) is 0 Å². The highest BCUT2D eigenvalue weighted by molar-refractivity contribution is 7.87. The summed E-state index contributed by atoms with van der Waals surface area (Å²) < 4.78 is 26.6. The minimum Gasteiger partial charge on any atom is -0.381 e. The number of nitrogens with zero attached hydrogens (tertiary/aromatic N) is 4. The third kappa shape index (κ3) is 3.37. The fourth-order valence-corrected chi connectivity index (χ4v) is 2.07. The molecule has 0 bridgehead atoms. The summed E-state index contributed by atoms with van der Waals surface area (Å²) in [6, 6.07) is 5.32. The van der Waals surface area contributed by atoms with E-state index in [1.54, 1.807) is 0 Å². The first-order valence-electron chi connectivity index (χ1n) is 5.31. The second-order valence-corrected chi connectivity index (χ2v) is 5.06. The lowest BCUT2D eigenvalue weighted by molar-refractivity contribution is -0.384. The van der Waals surface area contributed by atoms with Crippen molar-refractivity contribution in [2.75, 3.05) is 5.43 Å². The van der Waals surface area contributed by atoms with E-state index in [-0.39, 0.29) is 11.4 Å². The summed E-state index contributed by atoms with van der Waals surface area (Å²) in [7, 11) is -3.88. The van der Waals surface area contributed by atoms with Crippen LogP contribution in [-0.2, 0) is 10.2 Å². The van der Waals surface area contributed by atoms with Gasteiger partial charge >= 0.3 is 0 Å². The Labute approximate surface area is 118 Å². The molecule has 1 aromatic rings. The first kappa shape index (κ1) is 14.5. The Hall–Kier alpha value is -2.86. The number of hydrazone groups is 1. The van der Waals surface area contributed by atoms with Crippen molar-refractivity contribution >= 4 is 39.0 Å². The molecule has 11 nitrogen and oxygen atoms in total. The van der Waals surface area contributed by atoms with Crippen molar-refractivity contribution in [2.45, 2.75) is 0 Å². The van der Waals surface area contributed by atoms with Crippen molar-refractivity contribution in [1.82, 2.24) is 0 Å². The van der Waals surface area contributed by atoms with E-state index in [9.17, 15) is 14.3 Å². The van der Waals surface area contributed by atoms with Crippen LogP contribution >= 0.6 is 0 Å². The van der Waals surface area contributed by atoms with Gasteiger partial charge in [0.15, 0.2) is 17.4 Å². The van der Waals surface area contributed by atoms with Crippen LogP contribution in [0.25, 0.3) is 0 Å². The summed E-state index contributed by atoms with van der Waals surface area (Å²) in [4.78, 5) is 9.95. The zero-order chi connectivity index (χ0) is 15.6. The number of hydrogen-bond donors (Lipinski definition) is 4. The second kappa shape index (κ2) is 5.26.